The molecule has 1 aliphatic carbocycles. The Hall–Kier alpha value is -0.870. The molecule has 4 nitrogen and oxygen atoms in total. The fraction of sp³-hybridized carbons (Fsp3) is 0.786. The van der Waals surface area contributed by atoms with Crippen LogP contribution in [0.2, 0.25) is 0 Å². The summed E-state index contributed by atoms with van der Waals surface area (Å²) in [6.07, 6.45) is 11.1. The largest absolute Gasteiger partial charge is 0.336 e. The number of nitrogens with one attached hydrogen (secondary N) is 1. The standard InChI is InChI=1S/C14H26N4/c1-13(10-18-9-8-15-12-18)16-11-14(17(2)3)6-4-5-7-14/h8-9,12-13,16H,4-7,10-11H2,1-3H3. The molecule has 0 aliphatic heterocycles. The minimum absolute atomic E-state index is 0.378. The SMILES string of the molecule is CC(Cn1ccnc1)NCC1(N(C)C)CCCC1. The molecular formula is C14H26N4. The zero-order valence-corrected chi connectivity index (χ0v) is 11.9. The molecule has 0 spiro atoms. The van der Waals surface area contributed by atoms with E-state index in [-0.39, 0.29) is 0 Å². The molecule has 0 amide bonds. The Morgan fingerprint density at radius 1 is 1.39 bits per heavy atom. The Bertz CT molecular complexity index is 339. The van der Waals surface area contributed by atoms with Gasteiger partial charge in [0.15, 0.2) is 0 Å². The number of hydrogen-bond acceptors (Lipinski definition) is 3. The van der Waals surface area contributed by atoms with Gasteiger partial charge in [0, 0.05) is 37.1 Å². The second-order valence-corrected chi connectivity index (χ2v) is 5.87. The monoisotopic (exact) mass is 250 g/mol. The molecule has 0 radical (unpaired) electrons. The molecule has 18 heavy (non-hydrogen) atoms. The van der Waals surface area contributed by atoms with Crippen molar-refractivity contribution in [1.82, 2.24) is 19.8 Å². The highest BCUT2D eigenvalue weighted by Gasteiger charge is 2.35. The molecule has 1 fully saturated rings. The van der Waals surface area contributed by atoms with Gasteiger partial charge in [-0.15, -0.1) is 0 Å². The lowest BCUT2D eigenvalue weighted by Gasteiger charge is -2.37. The summed E-state index contributed by atoms with van der Waals surface area (Å²) in [5.74, 6) is 0. The van der Waals surface area contributed by atoms with Crippen LogP contribution in [-0.2, 0) is 6.54 Å². The van der Waals surface area contributed by atoms with Gasteiger partial charge in [-0.3, -0.25) is 0 Å². The number of imidazole rings is 1. The van der Waals surface area contributed by atoms with Gasteiger partial charge in [0.25, 0.3) is 0 Å². The fourth-order valence-corrected chi connectivity index (χ4v) is 2.95. The summed E-state index contributed by atoms with van der Waals surface area (Å²) >= 11 is 0. The molecule has 1 saturated carbocycles. The van der Waals surface area contributed by atoms with E-state index < -0.39 is 0 Å². The summed E-state index contributed by atoms with van der Waals surface area (Å²) in [6.45, 7) is 4.33. The van der Waals surface area contributed by atoms with Crippen LogP contribution in [0.5, 0.6) is 0 Å². The molecular weight excluding hydrogens is 224 g/mol. The van der Waals surface area contributed by atoms with Crippen molar-refractivity contribution in [3.05, 3.63) is 18.7 Å². The third-order valence-corrected chi connectivity index (χ3v) is 4.31. The second-order valence-electron chi connectivity index (χ2n) is 5.87. The molecule has 1 atom stereocenters. The van der Waals surface area contributed by atoms with Crippen molar-refractivity contribution in [2.75, 3.05) is 20.6 Å². The number of rotatable bonds is 6. The van der Waals surface area contributed by atoms with Crippen molar-refractivity contribution in [3.63, 3.8) is 0 Å². The summed E-state index contributed by atoms with van der Waals surface area (Å²) in [7, 11) is 4.43. The van der Waals surface area contributed by atoms with Gasteiger partial charge in [0.2, 0.25) is 0 Å². The van der Waals surface area contributed by atoms with Crippen LogP contribution in [-0.4, -0.2) is 46.7 Å². The molecule has 1 aromatic rings. The topological polar surface area (TPSA) is 33.1 Å². The Morgan fingerprint density at radius 2 is 2.11 bits per heavy atom. The van der Waals surface area contributed by atoms with E-state index in [1.165, 1.54) is 25.7 Å². The predicted molar refractivity (Wildman–Crippen MR) is 74.6 cm³/mol. The molecule has 1 aromatic heterocycles. The van der Waals surface area contributed by atoms with E-state index in [1.807, 2.05) is 18.7 Å². The van der Waals surface area contributed by atoms with Crippen LogP contribution in [0, 0.1) is 0 Å². The van der Waals surface area contributed by atoms with Crippen LogP contribution in [0.3, 0.4) is 0 Å². The summed E-state index contributed by atoms with van der Waals surface area (Å²) in [6, 6.07) is 0.483. The van der Waals surface area contributed by atoms with Crippen molar-refractivity contribution in [1.29, 1.82) is 0 Å². The Labute approximate surface area is 110 Å². The minimum Gasteiger partial charge on any atom is -0.336 e. The number of hydrogen-bond donors (Lipinski definition) is 1. The molecule has 0 bridgehead atoms. The zero-order chi connectivity index (χ0) is 13.0. The maximum atomic E-state index is 4.08. The highest BCUT2D eigenvalue weighted by atomic mass is 15.2. The van der Waals surface area contributed by atoms with Crippen LogP contribution in [0.15, 0.2) is 18.7 Å². The normalized spacial score (nSPS) is 20.4. The lowest BCUT2D eigenvalue weighted by atomic mass is 9.95. The fourth-order valence-electron chi connectivity index (χ4n) is 2.95. The third-order valence-electron chi connectivity index (χ3n) is 4.31. The molecule has 2 rings (SSSR count). The highest BCUT2D eigenvalue weighted by Crippen LogP contribution is 2.33. The maximum absolute atomic E-state index is 4.08. The summed E-state index contributed by atoms with van der Waals surface area (Å²) in [5, 5.41) is 3.69. The number of aromatic nitrogens is 2. The first kappa shape index (κ1) is 13.6. The van der Waals surface area contributed by atoms with Crippen molar-refractivity contribution < 1.29 is 0 Å². The third kappa shape index (κ3) is 3.12. The zero-order valence-electron chi connectivity index (χ0n) is 11.9. The quantitative estimate of drug-likeness (QED) is 0.835. The van der Waals surface area contributed by atoms with Crippen molar-refractivity contribution in [2.45, 2.75) is 50.7 Å². The Morgan fingerprint density at radius 3 is 2.67 bits per heavy atom. The predicted octanol–water partition coefficient (Wildman–Crippen LogP) is 1.74. The smallest absolute Gasteiger partial charge is 0.0946 e. The van der Waals surface area contributed by atoms with Crippen molar-refractivity contribution in [3.8, 4) is 0 Å². The van der Waals surface area contributed by atoms with Crippen molar-refractivity contribution in [2.24, 2.45) is 0 Å². The molecule has 4 heteroatoms. The Balaban J connectivity index is 1.82. The molecule has 0 saturated heterocycles. The van der Waals surface area contributed by atoms with Crippen LogP contribution in [0.1, 0.15) is 32.6 Å². The van der Waals surface area contributed by atoms with Gasteiger partial charge in [-0.2, -0.15) is 0 Å². The van der Waals surface area contributed by atoms with Crippen LogP contribution in [0.4, 0.5) is 0 Å². The average molecular weight is 250 g/mol. The van der Waals surface area contributed by atoms with E-state index in [9.17, 15) is 0 Å². The van der Waals surface area contributed by atoms with Crippen LogP contribution >= 0.6 is 0 Å². The van der Waals surface area contributed by atoms with E-state index in [4.69, 9.17) is 0 Å². The van der Waals surface area contributed by atoms with E-state index in [2.05, 4.69) is 40.8 Å². The number of likely N-dealkylation sites (N-methyl/N-ethyl adjacent to an activating group) is 1. The van der Waals surface area contributed by atoms with E-state index in [0.29, 0.717) is 11.6 Å². The Kier molecular flexibility index (Phi) is 4.40. The number of nitrogens with zero attached hydrogens (tertiary/aromatic N) is 3. The molecule has 1 N–H and O–H groups in total. The van der Waals surface area contributed by atoms with Gasteiger partial charge in [-0.1, -0.05) is 12.8 Å². The lowest BCUT2D eigenvalue weighted by Crippen LogP contribution is -2.51. The first-order valence-electron chi connectivity index (χ1n) is 6.99. The van der Waals surface area contributed by atoms with E-state index >= 15 is 0 Å². The summed E-state index contributed by atoms with van der Waals surface area (Å²) < 4.78 is 2.13. The minimum atomic E-state index is 0.378. The maximum Gasteiger partial charge on any atom is 0.0946 e. The van der Waals surface area contributed by atoms with E-state index in [1.54, 1.807) is 0 Å². The first-order valence-corrected chi connectivity index (χ1v) is 6.99. The highest BCUT2D eigenvalue weighted by molar-refractivity contribution is 4.95. The van der Waals surface area contributed by atoms with Gasteiger partial charge in [0.05, 0.1) is 6.33 Å². The van der Waals surface area contributed by atoms with Crippen LogP contribution in [0.25, 0.3) is 0 Å². The second kappa shape index (κ2) is 5.85. The first-order chi connectivity index (χ1) is 8.62. The van der Waals surface area contributed by atoms with Crippen molar-refractivity contribution >= 4 is 0 Å². The van der Waals surface area contributed by atoms with Gasteiger partial charge < -0.3 is 14.8 Å². The molecule has 0 aromatic carbocycles. The van der Waals surface area contributed by atoms with Gasteiger partial charge in [-0.25, -0.2) is 4.98 Å². The lowest BCUT2D eigenvalue weighted by molar-refractivity contribution is 0.148. The summed E-state index contributed by atoms with van der Waals surface area (Å²) in [5.41, 5.74) is 0.378. The van der Waals surface area contributed by atoms with Crippen LogP contribution < -0.4 is 5.32 Å². The molecule has 1 aliphatic rings. The molecule has 1 unspecified atom stereocenters. The van der Waals surface area contributed by atoms with E-state index in [0.717, 1.165) is 13.1 Å². The van der Waals surface area contributed by atoms with Gasteiger partial charge >= 0.3 is 0 Å². The average Bonchev–Trinajstić information content (AvgIpc) is 2.97. The molecule has 1 heterocycles. The van der Waals surface area contributed by atoms with Gasteiger partial charge in [0.1, 0.15) is 0 Å². The van der Waals surface area contributed by atoms with Gasteiger partial charge in [-0.05, 0) is 33.9 Å². The summed E-state index contributed by atoms with van der Waals surface area (Å²) in [4.78, 5) is 6.50. The molecule has 102 valence electrons.